The Balaban J connectivity index is 1.74. The van der Waals surface area contributed by atoms with E-state index in [-0.39, 0.29) is 12.6 Å². The minimum Gasteiger partial charge on any atom is -0.497 e. The number of methoxy groups -OCH3 is 1. The van der Waals surface area contributed by atoms with Gasteiger partial charge in [-0.05, 0) is 43.0 Å². The summed E-state index contributed by atoms with van der Waals surface area (Å²) < 4.78 is 48.8. The van der Waals surface area contributed by atoms with E-state index in [0.29, 0.717) is 30.8 Å². The molecule has 23 heavy (non-hydrogen) atoms. The molecule has 0 radical (unpaired) electrons. The summed E-state index contributed by atoms with van der Waals surface area (Å²) in [6.45, 7) is -1.07. The molecule has 1 aromatic rings. The zero-order valence-electron chi connectivity index (χ0n) is 12.7. The van der Waals surface area contributed by atoms with Crippen molar-refractivity contribution in [2.24, 2.45) is 5.92 Å². The third-order valence-electron chi connectivity index (χ3n) is 4.14. The number of ether oxygens (including phenoxy) is 2. The van der Waals surface area contributed by atoms with E-state index in [0.717, 1.165) is 10.5 Å². The fourth-order valence-corrected chi connectivity index (χ4v) is 2.86. The zero-order chi connectivity index (χ0) is 16.6. The molecule has 1 heterocycles. The molecule has 3 rings (SSSR count). The predicted molar refractivity (Wildman–Crippen MR) is 76.5 cm³/mol. The highest BCUT2D eigenvalue weighted by Gasteiger charge is 2.43. The number of nitrogens with zero attached hydrogens (tertiary/aromatic N) is 1. The molecule has 126 valence electrons. The lowest BCUT2D eigenvalue weighted by molar-refractivity contribution is -0.165. The summed E-state index contributed by atoms with van der Waals surface area (Å²) in [6, 6.07) is 4.99. The number of rotatable bonds is 4. The maximum atomic E-state index is 12.7. The fourth-order valence-electron chi connectivity index (χ4n) is 2.86. The third kappa shape index (κ3) is 3.71. The Morgan fingerprint density at radius 3 is 2.74 bits per heavy atom. The van der Waals surface area contributed by atoms with Gasteiger partial charge in [0.25, 0.3) is 0 Å². The van der Waals surface area contributed by atoms with Gasteiger partial charge in [-0.1, -0.05) is 0 Å². The standard InChI is InChI=1S/C16H18F3NO3/c1-22-13-4-5-14-10(7-13)6-11(8-23-14)15(21)20(12-2-3-12)9-16(17,18)19/h4-5,7,11-12H,2-3,6,8-9H2,1H3. The number of carbonyl (C=O) groups excluding carboxylic acids is 1. The van der Waals surface area contributed by atoms with Crippen LogP contribution in [0.2, 0.25) is 0 Å². The van der Waals surface area contributed by atoms with Gasteiger partial charge in [0.2, 0.25) is 5.91 Å². The summed E-state index contributed by atoms with van der Waals surface area (Å²) in [5, 5.41) is 0. The van der Waals surface area contributed by atoms with Gasteiger partial charge in [-0.25, -0.2) is 0 Å². The Morgan fingerprint density at radius 1 is 1.39 bits per heavy atom. The molecule has 0 bridgehead atoms. The molecule has 0 N–H and O–H groups in total. The number of hydrogen-bond donors (Lipinski definition) is 0. The highest BCUT2D eigenvalue weighted by atomic mass is 19.4. The summed E-state index contributed by atoms with van der Waals surface area (Å²) >= 11 is 0. The van der Waals surface area contributed by atoms with Crippen molar-refractivity contribution < 1.29 is 27.4 Å². The SMILES string of the molecule is COc1ccc2c(c1)CC(C(=O)N(CC(F)(F)F)C1CC1)CO2. The van der Waals surface area contributed by atoms with Crippen molar-refractivity contribution in [1.82, 2.24) is 4.90 Å². The molecule has 0 aromatic heterocycles. The highest BCUT2D eigenvalue weighted by Crippen LogP contribution is 2.35. The average molecular weight is 329 g/mol. The van der Waals surface area contributed by atoms with Gasteiger partial charge in [0, 0.05) is 6.04 Å². The van der Waals surface area contributed by atoms with Crippen LogP contribution in [0.1, 0.15) is 18.4 Å². The molecule has 1 aromatic carbocycles. The first kappa shape index (κ1) is 16.0. The molecule has 4 nitrogen and oxygen atoms in total. The molecular weight excluding hydrogens is 311 g/mol. The largest absolute Gasteiger partial charge is 0.497 e. The number of carbonyl (C=O) groups is 1. The van der Waals surface area contributed by atoms with Crippen molar-refractivity contribution in [3.63, 3.8) is 0 Å². The molecule has 1 saturated carbocycles. The van der Waals surface area contributed by atoms with Gasteiger partial charge in [-0.3, -0.25) is 4.79 Å². The normalized spacial score (nSPS) is 20.4. The number of halogens is 3. The first-order valence-electron chi connectivity index (χ1n) is 7.54. The number of amides is 1. The van der Waals surface area contributed by atoms with Gasteiger partial charge in [0.15, 0.2) is 0 Å². The van der Waals surface area contributed by atoms with Crippen LogP contribution in [0, 0.1) is 5.92 Å². The maximum absolute atomic E-state index is 12.7. The quantitative estimate of drug-likeness (QED) is 0.853. The van der Waals surface area contributed by atoms with Gasteiger partial charge in [-0.2, -0.15) is 13.2 Å². The number of hydrogen-bond acceptors (Lipinski definition) is 3. The molecular formula is C16H18F3NO3. The van der Waals surface area contributed by atoms with Gasteiger partial charge >= 0.3 is 6.18 Å². The Labute approximate surface area is 132 Å². The summed E-state index contributed by atoms with van der Waals surface area (Å²) in [4.78, 5) is 13.5. The third-order valence-corrected chi connectivity index (χ3v) is 4.14. The van der Waals surface area contributed by atoms with Crippen molar-refractivity contribution in [3.8, 4) is 11.5 Å². The van der Waals surface area contributed by atoms with Gasteiger partial charge in [0.1, 0.15) is 24.7 Å². The van der Waals surface area contributed by atoms with E-state index >= 15 is 0 Å². The maximum Gasteiger partial charge on any atom is 0.406 e. The van der Waals surface area contributed by atoms with Crippen molar-refractivity contribution in [1.29, 1.82) is 0 Å². The first-order chi connectivity index (χ1) is 10.9. The Morgan fingerprint density at radius 2 is 2.13 bits per heavy atom. The van der Waals surface area contributed by atoms with E-state index in [9.17, 15) is 18.0 Å². The van der Waals surface area contributed by atoms with E-state index in [1.807, 2.05) is 0 Å². The smallest absolute Gasteiger partial charge is 0.406 e. The van der Waals surface area contributed by atoms with E-state index in [4.69, 9.17) is 9.47 Å². The predicted octanol–water partition coefficient (Wildman–Crippen LogP) is 2.80. The van der Waals surface area contributed by atoms with Gasteiger partial charge in [-0.15, -0.1) is 0 Å². The lowest BCUT2D eigenvalue weighted by atomic mass is 9.95. The minimum atomic E-state index is -4.38. The molecule has 7 heteroatoms. The lowest BCUT2D eigenvalue weighted by Gasteiger charge is -2.31. The number of benzene rings is 1. The second-order valence-electron chi connectivity index (χ2n) is 6.00. The van der Waals surface area contributed by atoms with Crippen LogP contribution >= 0.6 is 0 Å². The minimum absolute atomic E-state index is 0.110. The van der Waals surface area contributed by atoms with Crippen LogP contribution in [0.15, 0.2) is 18.2 Å². The Hall–Kier alpha value is -1.92. The number of fused-ring (bicyclic) bond motifs is 1. The molecule has 2 aliphatic rings. The monoisotopic (exact) mass is 329 g/mol. The average Bonchev–Trinajstić information content (AvgIpc) is 3.34. The van der Waals surface area contributed by atoms with Crippen molar-refractivity contribution in [2.75, 3.05) is 20.3 Å². The molecule has 1 fully saturated rings. The second kappa shape index (κ2) is 5.94. The number of alkyl halides is 3. The van der Waals surface area contributed by atoms with Crippen LogP contribution in [-0.4, -0.2) is 43.3 Å². The topological polar surface area (TPSA) is 38.8 Å². The van der Waals surface area contributed by atoms with Crippen LogP contribution in [-0.2, 0) is 11.2 Å². The lowest BCUT2D eigenvalue weighted by Crippen LogP contribution is -2.46. The van der Waals surface area contributed by atoms with E-state index in [2.05, 4.69) is 0 Å². The Bertz CT molecular complexity index is 599. The van der Waals surface area contributed by atoms with Crippen LogP contribution < -0.4 is 9.47 Å². The highest BCUT2D eigenvalue weighted by molar-refractivity contribution is 5.80. The molecule has 0 saturated heterocycles. The molecule has 1 atom stereocenters. The molecule has 1 unspecified atom stereocenters. The Kier molecular flexibility index (Phi) is 4.12. The molecule has 1 aliphatic carbocycles. The molecule has 1 amide bonds. The summed E-state index contributed by atoms with van der Waals surface area (Å²) in [6.07, 6.45) is -2.74. The summed E-state index contributed by atoms with van der Waals surface area (Å²) in [5.41, 5.74) is 0.789. The van der Waals surface area contributed by atoms with Gasteiger partial charge < -0.3 is 14.4 Å². The fraction of sp³-hybridized carbons (Fsp3) is 0.562. The zero-order valence-corrected chi connectivity index (χ0v) is 12.7. The van der Waals surface area contributed by atoms with Crippen LogP contribution in [0.3, 0.4) is 0 Å². The van der Waals surface area contributed by atoms with Crippen LogP contribution in [0.25, 0.3) is 0 Å². The molecule has 0 spiro atoms. The first-order valence-corrected chi connectivity index (χ1v) is 7.54. The van der Waals surface area contributed by atoms with Crippen LogP contribution in [0.4, 0.5) is 13.2 Å². The van der Waals surface area contributed by atoms with E-state index in [1.54, 1.807) is 18.2 Å². The van der Waals surface area contributed by atoms with Crippen LogP contribution in [0.5, 0.6) is 11.5 Å². The van der Waals surface area contributed by atoms with Gasteiger partial charge in [0.05, 0.1) is 13.0 Å². The second-order valence-corrected chi connectivity index (χ2v) is 6.00. The summed E-state index contributed by atoms with van der Waals surface area (Å²) in [7, 11) is 1.53. The molecule has 1 aliphatic heterocycles. The summed E-state index contributed by atoms with van der Waals surface area (Å²) in [5.74, 6) is 0.231. The van der Waals surface area contributed by atoms with Crippen molar-refractivity contribution in [2.45, 2.75) is 31.5 Å². The van der Waals surface area contributed by atoms with E-state index in [1.165, 1.54) is 7.11 Å². The van der Waals surface area contributed by atoms with Crippen molar-refractivity contribution in [3.05, 3.63) is 23.8 Å². The van der Waals surface area contributed by atoms with E-state index < -0.39 is 24.5 Å². The van der Waals surface area contributed by atoms with Crippen molar-refractivity contribution >= 4 is 5.91 Å².